The lowest BCUT2D eigenvalue weighted by atomic mass is 9.97. The molecule has 0 radical (unpaired) electrons. The molecule has 104 valence electrons. The highest BCUT2D eigenvalue weighted by Gasteiger charge is 2.19. The van der Waals surface area contributed by atoms with E-state index in [9.17, 15) is 4.79 Å². The molecule has 1 aromatic carbocycles. The fourth-order valence-corrected chi connectivity index (χ4v) is 3.09. The van der Waals surface area contributed by atoms with Gasteiger partial charge in [-0.05, 0) is 43.0 Å². The second-order valence-electron chi connectivity index (χ2n) is 5.31. The molecule has 1 saturated heterocycles. The highest BCUT2D eigenvalue weighted by atomic mass is 79.9. The van der Waals surface area contributed by atoms with E-state index in [0.717, 1.165) is 30.7 Å². The number of benzene rings is 1. The van der Waals surface area contributed by atoms with E-state index in [4.69, 9.17) is 0 Å². The Hall–Kier alpha value is -0.870. The molecule has 0 aromatic heterocycles. The molecule has 1 fully saturated rings. The van der Waals surface area contributed by atoms with Gasteiger partial charge in [-0.3, -0.25) is 9.69 Å². The van der Waals surface area contributed by atoms with Crippen LogP contribution >= 0.6 is 15.9 Å². The smallest absolute Gasteiger partial charge is 0.216 e. The van der Waals surface area contributed by atoms with E-state index in [1.54, 1.807) is 6.92 Å². The molecule has 0 unspecified atom stereocenters. The van der Waals surface area contributed by atoms with Crippen molar-refractivity contribution in [3.05, 3.63) is 34.3 Å². The molecule has 4 heteroatoms. The first kappa shape index (κ1) is 14.5. The lowest BCUT2D eigenvalue weighted by molar-refractivity contribution is -0.119. The summed E-state index contributed by atoms with van der Waals surface area (Å²) < 4.78 is 1.14. The maximum absolute atomic E-state index is 11.0. The molecule has 1 amide bonds. The quantitative estimate of drug-likeness (QED) is 0.923. The van der Waals surface area contributed by atoms with Crippen molar-refractivity contribution >= 4 is 21.8 Å². The Morgan fingerprint density at radius 2 is 2.37 bits per heavy atom. The molecule has 1 aliphatic rings. The van der Waals surface area contributed by atoms with Crippen molar-refractivity contribution in [2.75, 3.05) is 19.6 Å². The Bertz CT molecular complexity index is 436. The molecule has 1 atom stereocenters. The van der Waals surface area contributed by atoms with Gasteiger partial charge >= 0.3 is 0 Å². The molecule has 0 saturated carbocycles. The second kappa shape index (κ2) is 7.06. The van der Waals surface area contributed by atoms with Gasteiger partial charge in [0.15, 0.2) is 0 Å². The summed E-state index contributed by atoms with van der Waals surface area (Å²) in [5, 5.41) is 2.94. The van der Waals surface area contributed by atoms with E-state index in [1.807, 2.05) is 0 Å². The lowest BCUT2D eigenvalue weighted by Crippen LogP contribution is -2.40. The predicted octanol–water partition coefficient (Wildman–Crippen LogP) is 2.80. The summed E-state index contributed by atoms with van der Waals surface area (Å²) in [6.07, 6.45) is 2.44. The van der Waals surface area contributed by atoms with E-state index in [-0.39, 0.29) is 5.91 Å². The summed E-state index contributed by atoms with van der Waals surface area (Å²) >= 11 is 3.51. The SMILES string of the molecule is CC(=O)NC[C@@H]1CCCN(Cc2cccc(Br)c2)C1. The van der Waals surface area contributed by atoms with E-state index in [2.05, 4.69) is 50.4 Å². The monoisotopic (exact) mass is 324 g/mol. The summed E-state index contributed by atoms with van der Waals surface area (Å²) in [5.41, 5.74) is 1.34. The molecular formula is C15H21BrN2O. The van der Waals surface area contributed by atoms with Crippen LogP contribution in [0.5, 0.6) is 0 Å². The minimum Gasteiger partial charge on any atom is -0.356 e. The Labute approximate surface area is 123 Å². The van der Waals surface area contributed by atoms with E-state index in [1.165, 1.54) is 18.4 Å². The van der Waals surface area contributed by atoms with E-state index < -0.39 is 0 Å². The molecule has 1 aromatic rings. The maximum atomic E-state index is 11.0. The molecule has 1 N–H and O–H groups in total. The van der Waals surface area contributed by atoms with Crippen molar-refractivity contribution in [1.82, 2.24) is 10.2 Å². The Morgan fingerprint density at radius 3 is 3.11 bits per heavy atom. The van der Waals surface area contributed by atoms with Gasteiger partial charge in [0, 0.05) is 31.0 Å². The molecular weight excluding hydrogens is 304 g/mol. The van der Waals surface area contributed by atoms with Gasteiger partial charge in [-0.1, -0.05) is 28.1 Å². The Kier molecular flexibility index (Phi) is 5.40. The molecule has 3 nitrogen and oxygen atoms in total. The van der Waals surface area contributed by atoms with Crippen molar-refractivity contribution in [2.24, 2.45) is 5.92 Å². The van der Waals surface area contributed by atoms with Crippen LogP contribution in [0.3, 0.4) is 0 Å². The van der Waals surface area contributed by atoms with Crippen LogP contribution in [0.2, 0.25) is 0 Å². The summed E-state index contributed by atoms with van der Waals surface area (Å²) in [5.74, 6) is 0.661. The van der Waals surface area contributed by atoms with Gasteiger partial charge in [0.2, 0.25) is 5.91 Å². The number of carbonyl (C=O) groups is 1. The van der Waals surface area contributed by atoms with E-state index >= 15 is 0 Å². The largest absolute Gasteiger partial charge is 0.356 e. The van der Waals surface area contributed by atoms with Crippen LogP contribution < -0.4 is 5.32 Å². The van der Waals surface area contributed by atoms with Crippen LogP contribution in [0.25, 0.3) is 0 Å². The third kappa shape index (κ3) is 4.96. The molecule has 19 heavy (non-hydrogen) atoms. The van der Waals surface area contributed by atoms with Gasteiger partial charge in [-0.25, -0.2) is 0 Å². The number of piperidine rings is 1. The van der Waals surface area contributed by atoms with Crippen molar-refractivity contribution in [3.8, 4) is 0 Å². The number of nitrogens with zero attached hydrogens (tertiary/aromatic N) is 1. The topological polar surface area (TPSA) is 32.3 Å². The number of carbonyl (C=O) groups excluding carboxylic acids is 1. The van der Waals surface area contributed by atoms with Crippen LogP contribution in [-0.2, 0) is 11.3 Å². The van der Waals surface area contributed by atoms with Gasteiger partial charge in [0.1, 0.15) is 0 Å². The zero-order valence-electron chi connectivity index (χ0n) is 11.4. The first-order chi connectivity index (χ1) is 9.13. The van der Waals surface area contributed by atoms with Crippen LogP contribution in [0, 0.1) is 5.92 Å². The van der Waals surface area contributed by atoms with Crippen molar-refractivity contribution in [2.45, 2.75) is 26.3 Å². The highest BCUT2D eigenvalue weighted by molar-refractivity contribution is 9.10. The van der Waals surface area contributed by atoms with E-state index in [0.29, 0.717) is 5.92 Å². The van der Waals surface area contributed by atoms with Crippen LogP contribution in [0.4, 0.5) is 0 Å². The van der Waals surface area contributed by atoms with Gasteiger partial charge in [0.25, 0.3) is 0 Å². The van der Waals surface area contributed by atoms with Crippen LogP contribution in [0.1, 0.15) is 25.3 Å². The van der Waals surface area contributed by atoms with Crippen LogP contribution in [0.15, 0.2) is 28.7 Å². The molecule has 0 bridgehead atoms. The average Bonchev–Trinajstić information content (AvgIpc) is 2.37. The summed E-state index contributed by atoms with van der Waals surface area (Å²) in [4.78, 5) is 13.5. The standard InChI is InChI=1S/C15H21BrN2O/c1-12(19)17-9-14-5-3-7-18(11-14)10-13-4-2-6-15(16)8-13/h2,4,6,8,14H,3,5,7,9-11H2,1H3,(H,17,19)/t14-/m0/s1. The number of rotatable bonds is 4. The second-order valence-corrected chi connectivity index (χ2v) is 6.23. The number of halogens is 1. The molecule has 0 aliphatic carbocycles. The number of hydrogen-bond acceptors (Lipinski definition) is 2. The normalized spacial score (nSPS) is 20.2. The minimum absolute atomic E-state index is 0.0733. The highest BCUT2D eigenvalue weighted by Crippen LogP contribution is 2.19. The first-order valence-corrected chi connectivity index (χ1v) is 7.64. The summed E-state index contributed by atoms with van der Waals surface area (Å²) in [7, 11) is 0. The predicted molar refractivity (Wildman–Crippen MR) is 80.8 cm³/mol. The average molecular weight is 325 g/mol. The third-order valence-electron chi connectivity index (χ3n) is 3.54. The molecule has 2 rings (SSSR count). The molecule has 1 aliphatic heterocycles. The van der Waals surface area contributed by atoms with Crippen molar-refractivity contribution < 1.29 is 4.79 Å². The molecule has 1 heterocycles. The fourth-order valence-electron chi connectivity index (χ4n) is 2.64. The zero-order valence-corrected chi connectivity index (χ0v) is 12.9. The lowest BCUT2D eigenvalue weighted by Gasteiger charge is -2.32. The summed E-state index contributed by atoms with van der Waals surface area (Å²) in [6.45, 7) is 5.62. The minimum atomic E-state index is 0.0733. The Morgan fingerprint density at radius 1 is 1.53 bits per heavy atom. The number of hydrogen-bond donors (Lipinski definition) is 1. The van der Waals surface area contributed by atoms with Gasteiger partial charge in [-0.2, -0.15) is 0 Å². The molecule has 0 spiro atoms. The Balaban J connectivity index is 1.85. The number of likely N-dealkylation sites (tertiary alicyclic amines) is 1. The van der Waals surface area contributed by atoms with Crippen LogP contribution in [-0.4, -0.2) is 30.4 Å². The van der Waals surface area contributed by atoms with Gasteiger partial charge in [0.05, 0.1) is 0 Å². The fraction of sp³-hybridized carbons (Fsp3) is 0.533. The summed E-state index contributed by atoms with van der Waals surface area (Å²) in [6, 6.07) is 8.48. The third-order valence-corrected chi connectivity index (χ3v) is 4.03. The zero-order chi connectivity index (χ0) is 13.7. The number of amides is 1. The van der Waals surface area contributed by atoms with Crippen molar-refractivity contribution in [1.29, 1.82) is 0 Å². The van der Waals surface area contributed by atoms with Crippen molar-refractivity contribution in [3.63, 3.8) is 0 Å². The number of nitrogens with one attached hydrogen (secondary N) is 1. The van der Waals surface area contributed by atoms with Gasteiger partial charge in [-0.15, -0.1) is 0 Å². The maximum Gasteiger partial charge on any atom is 0.216 e. The van der Waals surface area contributed by atoms with Gasteiger partial charge < -0.3 is 5.32 Å². The first-order valence-electron chi connectivity index (χ1n) is 6.85.